The van der Waals surface area contributed by atoms with E-state index < -0.39 is 0 Å². The maximum atomic E-state index is 6.53. The minimum absolute atomic E-state index is 0.552. The van der Waals surface area contributed by atoms with Gasteiger partial charge < -0.3 is 14.4 Å². The maximum absolute atomic E-state index is 6.53. The van der Waals surface area contributed by atoms with Crippen LogP contribution in [0.3, 0.4) is 0 Å². The molecule has 190 valence electrons. The Morgan fingerprint density at radius 1 is 0.730 bits per heavy atom. The highest BCUT2D eigenvalue weighted by molar-refractivity contribution is 8.13. The molecule has 7 heteroatoms. The van der Waals surface area contributed by atoms with Gasteiger partial charge in [0.15, 0.2) is 5.17 Å². The Kier molecular flexibility index (Phi) is 9.78. The molecule has 0 fully saturated rings. The molecular weight excluding hydrogens is 523 g/mol. The fourth-order valence-electron chi connectivity index (χ4n) is 3.68. The molecule has 0 heterocycles. The number of nitrogens with zero attached hydrogens (tertiary/aromatic N) is 2. The molecule has 4 rings (SSSR count). The molecule has 0 aliphatic heterocycles. The Morgan fingerprint density at radius 3 is 1.84 bits per heavy atom. The zero-order valence-corrected chi connectivity index (χ0v) is 23.1. The third-order valence-corrected chi connectivity index (χ3v) is 7.31. The number of aliphatic imine (C=N–C) groups is 1. The van der Waals surface area contributed by atoms with Crippen LogP contribution in [0, 0.1) is 0 Å². The smallest absolute Gasteiger partial charge is 0.165 e. The molecular formula is C30H28Cl2N2O2S. The van der Waals surface area contributed by atoms with Gasteiger partial charge in [-0.3, -0.25) is 0 Å². The van der Waals surface area contributed by atoms with Crippen LogP contribution >= 0.6 is 35.0 Å². The number of rotatable bonds is 9. The predicted octanol–water partition coefficient (Wildman–Crippen LogP) is 8.63. The highest BCUT2D eigenvalue weighted by Crippen LogP contribution is 2.31. The lowest BCUT2D eigenvalue weighted by Gasteiger charge is -2.26. The molecule has 4 aromatic rings. The summed E-state index contributed by atoms with van der Waals surface area (Å²) in [6.45, 7) is 1.30. The maximum Gasteiger partial charge on any atom is 0.165 e. The molecule has 4 aromatic carbocycles. The Bertz CT molecular complexity index is 1260. The molecule has 0 aliphatic rings. The van der Waals surface area contributed by atoms with Crippen molar-refractivity contribution in [1.29, 1.82) is 0 Å². The van der Waals surface area contributed by atoms with Gasteiger partial charge in [-0.2, -0.15) is 0 Å². The first kappa shape index (κ1) is 26.9. The van der Waals surface area contributed by atoms with Crippen LogP contribution < -0.4 is 9.47 Å². The first-order valence-corrected chi connectivity index (χ1v) is 13.5. The Hall–Kier alpha value is -3.12. The Balaban J connectivity index is 1.72. The van der Waals surface area contributed by atoms with Gasteiger partial charge in [0.05, 0.1) is 24.9 Å². The number of hydrogen-bond acceptors (Lipinski definition) is 4. The highest BCUT2D eigenvalue weighted by atomic mass is 35.5. The van der Waals surface area contributed by atoms with Gasteiger partial charge in [-0.25, -0.2) is 4.99 Å². The third kappa shape index (κ3) is 7.93. The minimum atomic E-state index is 0.552. The molecule has 0 spiro atoms. The lowest BCUT2D eigenvalue weighted by molar-refractivity contribution is 0.405. The van der Waals surface area contributed by atoms with E-state index in [0.717, 1.165) is 33.5 Å². The van der Waals surface area contributed by atoms with Gasteiger partial charge in [0.1, 0.15) is 11.5 Å². The topological polar surface area (TPSA) is 34.1 Å². The molecule has 0 bridgehead atoms. The van der Waals surface area contributed by atoms with Crippen molar-refractivity contribution in [1.82, 2.24) is 4.90 Å². The number of ether oxygens (including phenoxy) is 2. The summed E-state index contributed by atoms with van der Waals surface area (Å²) in [5.41, 5.74) is 4.13. The second-order valence-corrected chi connectivity index (χ2v) is 10.1. The molecule has 4 nitrogen and oxygen atoms in total. The van der Waals surface area contributed by atoms with Gasteiger partial charge in [-0.1, -0.05) is 89.6 Å². The van der Waals surface area contributed by atoms with Crippen molar-refractivity contribution in [3.8, 4) is 11.5 Å². The van der Waals surface area contributed by atoms with Crippen LogP contribution in [0.2, 0.25) is 10.0 Å². The van der Waals surface area contributed by atoms with E-state index in [-0.39, 0.29) is 0 Å². The van der Waals surface area contributed by atoms with Crippen LogP contribution in [0.1, 0.15) is 16.7 Å². The minimum Gasteiger partial charge on any atom is -0.497 e. The van der Waals surface area contributed by atoms with Crippen LogP contribution in [0.4, 0.5) is 5.69 Å². The van der Waals surface area contributed by atoms with Gasteiger partial charge in [-0.05, 0) is 59.2 Å². The normalized spacial score (nSPS) is 11.3. The summed E-state index contributed by atoms with van der Waals surface area (Å²) in [5.74, 6) is 2.41. The zero-order chi connectivity index (χ0) is 26.0. The second kappa shape index (κ2) is 13.4. The van der Waals surface area contributed by atoms with E-state index in [1.807, 2.05) is 42.5 Å². The molecule has 0 saturated heterocycles. The monoisotopic (exact) mass is 550 g/mol. The van der Waals surface area contributed by atoms with Crippen LogP contribution in [-0.4, -0.2) is 24.3 Å². The molecule has 0 unspecified atom stereocenters. The molecule has 0 aliphatic carbocycles. The average Bonchev–Trinajstić information content (AvgIpc) is 2.94. The van der Waals surface area contributed by atoms with Crippen molar-refractivity contribution in [3.05, 3.63) is 124 Å². The first-order chi connectivity index (χ1) is 18.0. The Morgan fingerprint density at radius 2 is 1.30 bits per heavy atom. The van der Waals surface area contributed by atoms with Gasteiger partial charge in [-0.15, -0.1) is 0 Å². The molecule has 37 heavy (non-hydrogen) atoms. The van der Waals surface area contributed by atoms with Gasteiger partial charge in [0.25, 0.3) is 0 Å². The van der Waals surface area contributed by atoms with Crippen molar-refractivity contribution in [2.75, 3.05) is 14.2 Å². The van der Waals surface area contributed by atoms with Crippen molar-refractivity contribution < 1.29 is 9.47 Å². The molecule has 0 N–H and O–H groups in total. The number of methoxy groups -OCH3 is 2. The summed E-state index contributed by atoms with van der Waals surface area (Å²) in [6.07, 6.45) is 0. The van der Waals surface area contributed by atoms with Crippen LogP contribution in [0.5, 0.6) is 11.5 Å². The summed E-state index contributed by atoms with van der Waals surface area (Å²) in [4.78, 5) is 7.29. The summed E-state index contributed by atoms with van der Waals surface area (Å²) in [5, 5.41) is 1.99. The number of halogens is 2. The second-order valence-electron chi connectivity index (χ2n) is 8.32. The van der Waals surface area contributed by atoms with E-state index in [1.54, 1.807) is 44.2 Å². The van der Waals surface area contributed by atoms with E-state index >= 15 is 0 Å². The summed E-state index contributed by atoms with van der Waals surface area (Å²) < 4.78 is 10.7. The summed E-state index contributed by atoms with van der Waals surface area (Å²) >= 11 is 14.5. The number of benzene rings is 4. The summed E-state index contributed by atoms with van der Waals surface area (Å²) in [7, 11) is 3.34. The lowest BCUT2D eigenvalue weighted by atomic mass is 10.1. The lowest BCUT2D eigenvalue weighted by Crippen LogP contribution is -2.28. The largest absolute Gasteiger partial charge is 0.497 e. The quantitative estimate of drug-likeness (QED) is 0.154. The van der Waals surface area contributed by atoms with E-state index in [2.05, 4.69) is 41.3 Å². The zero-order valence-electron chi connectivity index (χ0n) is 20.7. The third-order valence-electron chi connectivity index (χ3n) is 5.67. The van der Waals surface area contributed by atoms with Crippen molar-refractivity contribution >= 4 is 45.8 Å². The van der Waals surface area contributed by atoms with Gasteiger partial charge >= 0.3 is 0 Å². The van der Waals surface area contributed by atoms with Crippen molar-refractivity contribution in [3.63, 3.8) is 0 Å². The van der Waals surface area contributed by atoms with Crippen molar-refractivity contribution in [2.24, 2.45) is 4.99 Å². The number of thioether (sulfide) groups is 1. The molecule has 0 saturated carbocycles. The summed E-state index contributed by atoms with van der Waals surface area (Å²) in [6, 6.07) is 31.9. The van der Waals surface area contributed by atoms with E-state index in [9.17, 15) is 0 Å². The molecule has 0 amide bonds. The van der Waals surface area contributed by atoms with Gasteiger partial charge in [0, 0.05) is 23.9 Å². The highest BCUT2D eigenvalue weighted by Gasteiger charge is 2.16. The van der Waals surface area contributed by atoms with E-state index in [1.165, 1.54) is 5.56 Å². The van der Waals surface area contributed by atoms with Crippen molar-refractivity contribution in [2.45, 2.75) is 18.8 Å². The van der Waals surface area contributed by atoms with Crippen LogP contribution in [0.15, 0.2) is 102 Å². The molecule has 0 atom stereocenters. The van der Waals surface area contributed by atoms with E-state index in [4.69, 9.17) is 37.7 Å². The predicted molar refractivity (Wildman–Crippen MR) is 157 cm³/mol. The molecule has 0 radical (unpaired) electrons. The first-order valence-electron chi connectivity index (χ1n) is 11.8. The average molecular weight is 552 g/mol. The van der Waals surface area contributed by atoms with Gasteiger partial charge in [0.2, 0.25) is 0 Å². The standard InChI is InChI=1S/C30H28Cl2N2O2S/c1-35-26-13-8-22(9-14-26)19-34(20-23-10-15-27(36-2)16-11-23)30(37-21-24-6-4-3-5-7-24)33-29-18-25(31)12-17-28(29)32/h3-18H,19-21H2,1-2H3. The SMILES string of the molecule is COc1ccc(CN(Cc2ccc(OC)cc2)C(=Nc2cc(Cl)ccc2Cl)SCc2ccccc2)cc1. The molecule has 0 aromatic heterocycles. The number of amidine groups is 1. The fraction of sp³-hybridized carbons (Fsp3) is 0.167. The Labute approximate surface area is 232 Å². The fourth-order valence-corrected chi connectivity index (χ4v) is 4.97. The van der Waals surface area contributed by atoms with E-state index in [0.29, 0.717) is 28.8 Å². The van der Waals surface area contributed by atoms with Crippen LogP contribution in [0.25, 0.3) is 0 Å². The number of hydrogen-bond donors (Lipinski definition) is 0. The van der Waals surface area contributed by atoms with Crippen LogP contribution in [-0.2, 0) is 18.8 Å².